The van der Waals surface area contributed by atoms with Crippen molar-refractivity contribution in [2.24, 2.45) is 0 Å². The lowest BCUT2D eigenvalue weighted by atomic mass is 10.2. The van der Waals surface area contributed by atoms with Crippen LogP contribution in [0.25, 0.3) is 0 Å². The number of hydrogen-bond donors (Lipinski definition) is 2. The summed E-state index contributed by atoms with van der Waals surface area (Å²) >= 11 is 12.0. The first-order valence-corrected chi connectivity index (χ1v) is 7.50. The maximum Gasteiger partial charge on any atom is 0.224 e. The smallest absolute Gasteiger partial charge is 0.224 e. The van der Waals surface area contributed by atoms with Gasteiger partial charge < -0.3 is 16.0 Å². The standard InChI is InChI=1S/C14H21Cl2N3O/c1-3-19(4-2)7-5-6-13(20)18-14-11(15)8-10(17)9-12(14)16/h8-9H,3-7,17H2,1-2H3,(H,18,20). The van der Waals surface area contributed by atoms with Crippen molar-refractivity contribution < 1.29 is 4.79 Å². The minimum atomic E-state index is -0.0919. The number of halogens is 2. The molecule has 3 N–H and O–H groups in total. The molecule has 0 aliphatic heterocycles. The predicted molar refractivity (Wildman–Crippen MR) is 86.5 cm³/mol. The molecule has 1 aromatic carbocycles. The monoisotopic (exact) mass is 317 g/mol. The van der Waals surface area contributed by atoms with Crippen molar-refractivity contribution in [3.63, 3.8) is 0 Å². The van der Waals surface area contributed by atoms with Gasteiger partial charge in [-0.05, 0) is 38.2 Å². The number of anilines is 2. The Morgan fingerprint density at radius 3 is 2.30 bits per heavy atom. The Labute approximate surface area is 130 Å². The molecular formula is C14H21Cl2N3O. The van der Waals surface area contributed by atoms with Gasteiger partial charge in [0.15, 0.2) is 0 Å². The van der Waals surface area contributed by atoms with Gasteiger partial charge in [-0.15, -0.1) is 0 Å². The van der Waals surface area contributed by atoms with Gasteiger partial charge in [-0.3, -0.25) is 4.79 Å². The van der Waals surface area contributed by atoms with E-state index in [0.29, 0.717) is 27.8 Å². The Hall–Kier alpha value is -0.970. The second-order valence-corrected chi connectivity index (χ2v) is 5.35. The second-order valence-electron chi connectivity index (χ2n) is 4.54. The van der Waals surface area contributed by atoms with Crippen molar-refractivity contribution in [3.8, 4) is 0 Å². The summed E-state index contributed by atoms with van der Waals surface area (Å²) in [5, 5.41) is 3.45. The lowest BCUT2D eigenvalue weighted by molar-refractivity contribution is -0.116. The third-order valence-corrected chi connectivity index (χ3v) is 3.70. The first kappa shape index (κ1) is 17.1. The largest absolute Gasteiger partial charge is 0.399 e. The number of carbonyl (C=O) groups is 1. The van der Waals surface area contributed by atoms with Crippen molar-refractivity contribution in [2.45, 2.75) is 26.7 Å². The lowest BCUT2D eigenvalue weighted by Gasteiger charge is -2.17. The molecule has 0 radical (unpaired) electrons. The Morgan fingerprint density at radius 1 is 1.25 bits per heavy atom. The molecule has 0 aliphatic carbocycles. The van der Waals surface area contributed by atoms with Crippen LogP contribution >= 0.6 is 23.2 Å². The summed E-state index contributed by atoms with van der Waals surface area (Å²) in [7, 11) is 0. The molecule has 6 heteroatoms. The van der Waals surface area contributed by atoms with Gasteiger partial charge in [0, 0.05) is 12.1 Å². The second kappa shape index (κ2) is 8.35. The van der Waals surface area contributed by atoms with E-state index in [1.54, 1.807) is 12.1 Å². The van der Waals surface area contributed by atoms with Gasteiger partial charge in [-0.2, -0.15) is 0 Å². The van der Waals surface area contributed by atoms with Crippen LogP contribution in [0.2, 0.25) is 10.0 Å². The highest BCUT2D eigenvalue weighted by atomic mass is 35.5. The number of amides is 1. The summed E-state index contributed by atoms with van der Waals surface area (Å²) in [6.45, 7) is 7.11. The van der Waals surface area contributed by atoms with E-state index >= 15 is 0 Å². The molecule has 1 aromatic rings. The van der Waals surface area contributed by atoms with Crippen LogP contribution in [0.1, 0.15) is 26.7 Å². The number of nitrogens with two attached hydrogens (primary N) is 1. The van der Waals surface area contributed by atoms with Crippen LogP contribution in [0.15, 0.2) is 12.1 Å². The zero-order valence-electron chi connectivity index (χ0n) is 11.9. The van der Waals surface area contributed by atoms with Crippen molar-refractivity contribution in [1.29, 1.82) is 0 Å². The summed E-state index contributed by atoms with van der Waals surface area (Å²) < 4.78 is 0. The Bertz CT molecular complexity index is 439. The Morgan fingerprint density at radius 2 is 1.80 bits per heavy atom. The first-order valence-electron chi connectivity index (χ1n) is 6.74. The number of nitrogens with one attached hydrogen (secondary N) is 1. The van der Waals surface area contributed by atoms with Gasteiger partial charge >= 0.3 is 0 Å². The molecule has 112 valence electrons. The van der Waals surface area contributed by atoms with E-state index in [-0.39, 0.29) is 5.91 Å². The number of nitrogens with zero attached hydrogens (tertiary/aromatic N) is 1. The van der Waals surface area contributed by atoms with Crippen molar-refractivity contribution in [1.82, 2.24) is 4.90 Å². The van der Waals surface area contributed by atoms with E-state index in [9.17, 15) is 4.79 Å². The van der Waals surface area contributed by atoms with Crippen molar-refractivity contribution in [3.05, 3.63) is 22.2 Å². The van der Waals surface area contributed by atoms with Crippen molar-refractivity contribution in [2.75, 3.05) is 30.7 Å². The van der Waals surface area contributed by atoms with Gasteiger partial charge in [0.25, 0.3) is 0 Å². The maximum absolute atomic E-state index is 11.9. The van der Waals surface area contributed by atoms with Crippen LogP contribution in [0.4, 0.5) is 11.4 Å². The summed E-state index contributed by atoms with van der Waals surface area (Å²) in [4.78, 5) is 14.2. The fraction of sp³-hybridized carbons (Fsp3) is 0.500. The molecule has 0 aliphatic rings. The van der Waals surface area contributed by atoms with Crippen LogP contribution in [0, 0.1) is 0 Å². The summed E-state index contributed by atoms with van der Waals surface area (Å²) in [6.07, 6.45) is 1.24. The predicted octanol–water partition coefficient (Wildman–Crippen LogP) is 3.64. The fourth-order valence-corrected chi connectivity index (χ4v) is 2.52. The van der Waals surface area contributed by atoms with Crippen LogP contribution < -0.4 is 11.1 Å². The molecule has 0 spiro atoms. The molecule has 0 fully saturated rings. The minimum absolute atomic E-state index is 0.0919. The number of hydrogen-bond acceptors (Lipinski definition) is 3. The molecule has 1 rings (SSSR count). The summed E-state index contributed by atoms with van der Waals surface area (Å²) in [6, 6.07) is 3.14. The van der Waals surface area contributed by atoms with Crippen LogP contribution in [0.3, 0.4) is 0 Å². The molecule has 0 bridgehead atoms. The SMILES string of the molecule is CCN(CC)CCCC(=O)Nc1c(Cl)cc(N)cc1Cl. The molecule has 1 amide bonds. The van der Waals surface area contributed by atoms with Gasteiger partial charge in [0.1, 0.15) is 0 Å². The number of benzene rings is 1. The van der Waals surface area contributed by atoms with Gasteiger partial charge in [0.05, 0.1) is 15.7 Å². The molecule has 4 nitrogen and oxygen atoms in total. The Balaban J connectivity index is 2.51. The quantitative estimate of drug-likeness (QED) is 0.755. The molecule has 0 heterocycles. The highest BCUT2D eigenvalue weighted by Gasteiger charge is 2.11. The zero-order valence-corrected chi connectivity index (χ0v) is 13.4. The zero-order chi connectivity index (χ0) is 15.1. The Kier molecular flexibility index (Phi) is 7.13. The molecule has 20 heavy (non-hydrogen) atoms. The van der Waals surface area contributed by atoms with E-state index in [1.807, 2.05) is 0 Å². The molecular weight excluding hydrogens is 297 g/mol. The van der Waals surface area contributed by atoms with E-state index < -0.39 is 0 Å². The van der Waals surface area contributed by atoms with Gasteiger partial charge in [-0.25, -0.2) is 0 Å². The highest BCUT2D eigenvalue weighted by Crippen LogP contribution is 2.32. The van der Waals surface area contributed by atoms with Gasteiger partial charge in [-0.1, -0.05) is 37.0 Å². The summed E-state index contributed by atoms with van der Waals surface area (Å²) in [5.74, 6) is -0.0919. The summed E-state index contributed by atoms with van der Waals surface area (Å²) in [5.41, 5.74) is 6.51. The molecule has 0 saturated heterocycles. The van der Waals surface area contributed by atoms with E-state index in [1.165, 1.54) is 0 Å². The number of nitrogen functional groups attached to an aromatic ring is 1. The average molecular weight is 318 g/mol. The first-order chi connectivity index (χ1) is 9.47. The van der Waals surface area contributed by atoms with Crippen LogP contribution in [-0.2, 0) is 4.79 Å². The molecule has 0 unspecified atom stereocenters. The third kappa shape index (κ3) is 5.19. The van der Waals surface area contributed by atoms with Gasteiger partial charge in [0.2, 0.25) is 5.91 Å². The lowest BCUT2D eigenvalue weighted by Crippen LogP contribution is -2.25. The number of rotatable bonds is 7. The normalized spacial score (nSPS) is 10.8. The highest BCUT2D eigenvalue weighted by molar-refractivity contribution is 6.40. The third-order valence-electron chi connectivity index (χ3n) is 3.10. The molecule has 0 aromatic heterocycles. The molecule has 0 atom stereocenters. The fourth-order valence-electron chi connectivity index (χ4n) is 1.92. The van der Waals surface area contributed by atoms with Crippen LogP contribution in [0.5, 0.6) is 0 Å². The topological polar surface area (TPSA) is 58.4 Å². The average Bonchev–Trinajstić information content (AvgIpc) is 2.39. The van der Waals surface area contributed by atoms with E-state index in [4.69, 9.17) is 28.9 Å². The van der Waals surface area contributed by atoms with Crippen LogP contribution in [-0.4, -0.2) is 30.4 Å². The van der Waals surface area contributed by atoms with E-state index in [0.717, 1.165) is 26.1 Å². The molecule has 0 saturated carbocycles. The minimum Gasteiger partial charge on any atom is -0.399 e. The maximum atomic E-state index is 11.9. The van der Waals surface area contributed by atoms with E-state index in [2.05, 4.69) is 24.1 Å². The number of carbonyl (C=O) groups excluding carboxylic acids is 1. The van der Waals surface area contributed by atoms with Crippen molar-refractivity contribution >= 4 is 40.5 Å².